The summed E-state index contributed by atoms with van der Waals surface area (Å²) < 4.78 is 5.10. The SMILES string of the molecule is CN=C(NCCNC(=O)c1ccc(OC)cc1)NC(C)Cc1ccc(C)s1. The Morgan fingerprint density at radius 1 is 1.15 bits per heavy atom. The predicted molar refractivity (Wildman–Crippen MR) is 112 cm³/mol. The standard InChI is InChI=1S/C20H28N4O2S/c1-14(13-18-10-5-15(2)27-18)24-20(21-3)23-12-11-22-19(25)16-6-8-17(26-4)9-7-16/h5-10,14H,11-13H2,1-4H3,(H,22,25)(H2,21,23,24). The van der Waals surface area contributed by atoms with Crippen molar-refractivity contribution in [2.75, 3.05) is 27.2 Å². The molecule has 27 heavy (non-hydrogen) atoms. The smallest absolute Gasteiger partial charge is 0.251 e. The van der Waals surface area contributed by atoms with E-state index in [1.54, 1.807) is 38.4 Å². The van der Waals surface area contributed by atoms with Crippen molar-refractivity contribution in [3.8, 4) is 5.75 Å². The van der Waals surface area contributed by atoms with Gasteiger partial charge >= 0.3 is 0 Å². The van der Waals surface area contributed by atoms with Crippen molar-refractivity contribution >= 4 is 23.2 Å². The number of thiophene rings is 1. The summed E-state index contributed by atoms with van der Waals surface area (Å²) in [7, 11) is 3.34. The predicted octanol–water partition coefficient (Wildman–Crippen LogP) is 2.59. The Morgan fingerprint density at radius 2 is 1.85 bits per heavy atom. The van der Waals surface area contributed by atoms with Crippen molar-refractivity contribution in [3.63, 3.8) is 0 Å². The third-order valence-electron chi connectivity index (χ3n) is 3.97. The molecule has 146 valence electrons. The normalized spacial score (nSPS) is 12.4. The van der Waals surface area contributed by atoms with Crippen LogP contribution < -0.4 is 20.7 Å². The number of rotatable bonds is 8. The van der Waals surface area contributed by atoms with E-state index in [-0.39, 0.29) is 11.9 Å². The number of guanidine groups is 1. The molecule has 7 heteroatoms. The van der Waals surface area contributed by atoms with Crippen LogP contribution in [0.3, 0.4) is 0 Å². The second-order valence-electron chi connectivity index (χ2n) is 6.25. The Hall–Kier alpha value is -2.54. The van der Waals surface area contributed by atoms with Gasteiger partial charge in [-0.2, -0.15) is 0 Å². The van der Waals surface area contributed by atoms with Crippen LogP contribution in [0.25, 0.3) is 0 Å². The lowest BCUT2D eigenvalue weighted by atomic mass is 10.2. The lowest BCUT2D eigenvalue weighted by Gasteiger charge is -2.17. The van der Waals surface area contributed by atoms with Crippen molar-refractivity contribution in [3.05, 3.63) is 51.7 Å². The molecule has 1 aromatic heterocycles. The molecule has 3 N–H and O–H groups in total. The number of carbonyl (C=O) groups is 1. The maximum Gasteiger partial charge on any atom is 0.251 e. The Kier molecular flexibility index (Phi) is 8.13. The molecule has 1 atom stereocenters. The first kappa shape index (κ1) is 20.8. The largest absolute Gasteiger partial charge is 0.497 e. The Labute approximate surface area is 165 Å². The van der Waals surface area contributed by atoms with Gasteiger partial charge in [0.2, 0.25) is 0 Å². The first-order valence-corrected chi connectivity index (χ1v) is 9.78. The van der Waals surface area contributed by atoms with Crippen molar-refractivity contribution in [2.24, 2.45) is 4.99 Å². The number of benzene rings is 1. The maximum atomic E-state index is 12.1. The highest BCUT2D eigenvalue weighted by Crippen LogP contribution is 2.16. The minimum atomic E-state index is -0.108. The molecule has 0 fully saturated rings. The number of hydrogen-bond acceptors (Lipinski definition) is 4. The summed E-state index contributed by atoms with van der Waals surface area (Å²) in [5, 5.41) is 9.49. The van der Waals surface area contributed by atoms with Gasteiger partial charge in [-0.1, -0.05) is 0 Å². The van der Waals surface area contributed by atoms with Crippen LogP contribution in [-0.4, -0.2) is 45.2 Å². The van der Waals surface area contributed by atoms with E-state index in [9.17, 15) is 4.79 Å². The number of aliphatic imine (C=N–C) groups is 1. The summed E-state index contributed by atoms with van der Waals surface area (Å²) in [4.78, 5) is 19.0. The summed E-state index contributed by atoms with van der Waals surface area (Å²) in [6.07, 6.45) is 0.952. The molecular formula is C20H28N4O2S. The van der Waals surface area contributed by atoms with Crippen LogP contribution in [0.2, 0.25) is 0 Å². The third-order valence-corrected chi connectivity index (χ3v) is 4.99. The molecule has 0 aliphatic rings. The molecule has 1 aromatic carbocycles. The fourth-order valence-corrected chi connectivity index (χ4v) is 3.60. The molecule has 1 heterocycles. The van der Waals surface area contributed by atoms with Crippen LogP contribution >= 0.6 is 11.3 Å². The molecule has 0 radical (unpaired) electrons. The van der Waals surface area contributed by atoms with E-state index in [2.05, 4.69) is 46.9 Å². The molecule has 0 saturated heterocycles. The molecule has 1 amide bonds. The lowest BCUT2D eigenvalue weighted by molar-refractivity contribution is 0.0954. The van der Waals surface area contributed by atoms with Crippen LogP contribution in [0.5, 0.6) is 5.75 Å². The number of ether oxygens (including phenoxy) is 1. The number of hydrogen-bond donors (Lipinski definition) is 3. The molecule has 1 unspecified atom stereocenters. The van der Waals surface area contributed by atoms with Crippen LogP contribution in [0, 0.1) is 6.92 Å². The molecular weight excluding hydrogens is 360 g/mol. The minimum absolute atomic E-state index is 0.108. The summed E-state index contributed by atoms with van der Waals surface area (Å²) in [6.45, 7) is 5.34. The van der Waals surface area contributed by atoms with Crippen LogP contribution in [0.15, 0.2) is 41.4 Å². The van der Waals surface area contributed by atoms with Gasteiger partial charge in [0.05, 0.1) is 7.11 Å². The van der Waals surface area contributed by atoms with E-state index in [4.69, 9.17) is 4.74 Å². The molecule has 0 aliphatic carbocycles. The van der Waals surface area contributed by atoms with E-state index in [0.29, 0.717) is 18.7 Å². The first-order chi connectivity index (χ1) is 13.0. The van der Waals surface area contributed by atoms with Gasteiger partial charge in [-0.15, -0.1) is 11.3 Å². The Morgan fingerprint density at radius 3 is 2.44 bits per heavy atom. The Balaban J connectivity index is 1.70. The molecule has 6 nitrogen and oxygen atoms in total. The van der Waals surface area contributed by atoms with Gasteiger partial charge in [-0.05, 0) is 50.2 Å². The summed E-state index contributed by atoms with van der Waals surface area (Å²) in [5.74, 6) is 1.35. The van der Waals surface area contributed by atoms with Gasteiger partial charge in [0, 0.05) is 47.9 Å². The fourth-order valence-electron chi connectivity index (χ4n) is 2.58. The lowest BCUT2D eigenvalue weighted by Crippen LogP contribution is -2.45. The van der Waals surface area contributed by atoms with Gasteiger partial charge in [0.15, 0.2) is 5.96 Å². The third kappa shape index (κ3) is 6.94. The minimum Gasteiger partial charge on any atom is -0.497 e. The van der Waals surface area contributed by atoms with Gasteiger partial charge in [-0.3, -0.25) is 9.79 Å². The van der Waals surface area contributed by atoms with Gasteiger partial charge in [0.25, 0.3) is 5.91 Å². The number of amides is 1. The Bertz CT molecular complexity index is 756. The average molecular weight is 389 g/mol. The summed E-state index contributed by atoms with van der Waals surface area (Å²) in [5.41, 5.74) is 0.609. The number of nitrogens with one attached hydrogen (secondary N) is 3. The average Bonchev–Trinajstić information content (AvgIpc) is 3.08. The zero-order valence-electron chi connectivity index (χ0n) is 16.3. The van der Waals surface area contributed by atoms with Crippen LogP contribution in [0.4, 0.5) is 0 Å². The van der Waals surface area contributed by atoms with E-state index in [0.717, 1.165) is 18.1 Å². The van der Waals surface area contributed by atoms with E-state index >= 15 is 0 Å². The molecule has 0 bridgehead atoms. The maximum absolute atomic E-state index is 12.1. The van der Waals surface area contributed by atoms with Crippen LogP contribution in [-0.2, 0) is 6.42 Å². The second kappa shape index (κ2) is 10.6. The molecule has 0 aliphatic heterocycles. The quantitative estimate of drug-likeness (QED) is 0.369. The number of carbonyl (C=O) groups excluding carboxylic acids is 1. The summed E-state index contributed by atoms with van der Waals surface area (Å²) >= 11 is 1.82. The highest BCUT2D eigenvalue weighted by Gasteiger charge is 2.08. The van der Waals surface area contributed by atoms with Crippen molar-refractivity contribution in [1.29, 1.82) is 0 Å². The molecule has 0 saturated carbocycles. The summed E-state index contributed by atoms with van der Waals surface area (Å²) in [6, 6.07) is 11.6. The first-order valence-electron chi connectivity index (χ1n) is 8.96. The number of nitrogens with zero attached hydrogens (tertiary/aromatic N) is 1. The van der Waals surface area contributed by atoms with Crippen molar-refractivity contribution < 1.29 is 9.53 Å². The van der Waals surface area contributed by atoms with Gasteiger partial charge in [0.1, 0.15) is 5.75 Å². The van der Waals surface area contributed by atoms with E-state index in [1.807, 2.05) is 11.3 Å². The highest BCUT2D eigenvalue weighted by atomic mass is 32.1. The number of methoxy groups -OCH3 is 1. The fraction of sp³-hybridized carbons (Fsp3) is 0.400. The van der Waals surface area contributed by atoms with E-state index in [1.165, 1.54) is 9.75 Å². The van der Waals surface area contributed by atoms with Gasteiger partial charge in [-0.25, -0.2) is 0 Å². The van der Waals surface area contributed by atoms with Crippen molar-refractivity contribution in [1.82, 2.24) is 16.0 Å². The molecule has 2 aromatic rings. The van der Waals surface area contributed by atoms with Gasteiger partial charge < -0.3 is 20.7 Å². The van der Waals surface area contributed by atoms with Crippen molar-refractivity contribution in [2.45, 2.75) is 26.3 Å². The zero-order chi connectivity index (χ0) is 19.6. The molecule has 0 spiro atoms. The van der Waals surface area contributed by atoms with E-state index < -0.39 is 0 Å². The van der Waals surface area contributed by atoms with Crippen LogP contribution in [0.1, 0.15) is 27.0 Å². The second-order valence-corrected chi connectivity index (χ2v) is 7.62. The zero-order valence-corrected chi connectivity index (χ0v) is 17.2. The number of aryl methyl sites for hydroxylation is 1. The topological polar surface area (TPSA) is 74.8 Å². The molecule has 2 rings (SSSR count). The highest BCUT2D eigenvalue weighted by molar-refractivity contribution is 7.11. The monoisotopic (exact) mass is 388 g/mol.